The zero-order valence-electron chi connectivity index (χ0n) is 7.58. The van der Waals surface area contributed by atoms with Crippen molar-refractivity contribution in [3.8, 4) is 0 Å². The summed E-state index contributed by atoms with van der Waals surface area (Å²) in [6.07, 6.45) is 2.60. The highest BCUT2D eigenvalue weighted by atomic mass is 35.5. The maximum atomic E-state index is 5.91. The normalized spacial score (nSPS) is 11.0. The lowest BCUT2D eigenvalue weighted by Gasteiger charge is -1.97. The van der Waals surface area contributed by atoms with Crippen molar-refractivity contribution in [3.05, 3.63) is 23.2 Å². The van der Waals surface area contributed by atoms with E-state index in [9.17, 15) is 0 Å². The highest BCUT2D eigenvalue weighted by Gasteiger charge is 2.08. The molecular weight excluding hydrogens is 186 g/mol. The number of aryl methyl sites for hydroxylation is 2. The van der Waals surface area contributed by atoms with Crippen LogP contribution < -0.4 is 0 Å². The fourth-order valence-corrected chi connectivity index (χ4v) is 1.65. The number of imidazole rings is 1. The van der Waals surface area contributed by atoms with Crippen LogP contribution >= 0.6 is 11.6 Å². The molecular formula is C9H10ClN3. The maximum absolute atomic E-state index is 5.91. The van der Waals surface area contributed by atoms with Gasteiger partial charge in [-0.15, -0.1) is 0 Å². The van der Waals surface area contributed by atoms with Crippen LogP contribution in [0.15, 0.2) is 12.3 Å². The molecule has 4 heteroatoms. The van der Waals surface area contributed by atoms with Gasteiger partial charge in [0.1, 0.15) is 11.3 Å². The number of halogens is 1. The first-order valence-electron chi connectivity index (χ1n) is 4.20. The Morgan fingerprint density at radius 1 is 1.54 bits per heavy atom. The fourth-order valence-electron chi connectivity index (χ4n) is 1.45. The lowest BCUT2D eigenvalue weighted by molar-refractivity contribution is 0.829. The van der Waals surface area contributed by atoms with E-state index in [0.717, 1.165) is 23.3 Å². The SMILES string of the molecule is CCc1nc2c(Cl)nccc2n1C. The molecule has 0 atom stereocenters. The van der Waals surface area contributed by atoms with Crippen LogP contribution in [0.2, 0.25) is 5.15 Å². The second kappa shape index (κ2) is 3.00. The molecule has 3 nitrogen and oxygen atoms in total. The first-order chi connectivity index (χ1) is 6.24. The van der Waals surface area contributed by atoms with Gasteiger partial charge < -0.3 is 4.57 Å². The number of hydrogen-bond acceptors (Lipinski definition) is 2. The largest absolute Gasteiger partial charge is 0.331 e. The van der Waals surface area contributed by atoms with E-state index in [0.29, 0.717) is 5.15 Å². The first-order valence-corrected chi connectivity index (χ1v) is 4.57. The Labute approximate surface area is 81.4 Å². The highest BCUT2D eigenvalue weighted by molar-refractivity contribution is 6.33. The zero-order chi connectivity index (χ0) is 9.42. The molecule has 0 radical (unpaired) electrons. The molecule has 2 rings (SSSR count). The predicted molar refractivity (Wildman–Crippen MR) is 52.9 cm³/mol. The van der Waals surface area contributed by atoms with E-state index in [-0.39, 0.29) is 0 Å². The fraction of sp³-hybridized carbons (Fsp3) is 0.333. The molecule has 0 amide bonds. The van der Waals surface area contributed by atoms with E-state index in [1.54, 1.807) is 6.20 Å². The molecule has 0 aromatic carbocycles. The van der Waals surface area contributed by atoms with Gasteiger partial charge in [0.05, 0.1) is 5.52 Å². The van der Waals surface area contributed by atoms with Gasteiger partial charge in [-0.25, -0.2) is 9.97 Å². The minimum absolute atomic E-state index is 0.479. The Kier molecular flexibility index (Phi) is 1.96. The smallest absolute Gasteiger partial charge is 0.156 e. The third kappa shape index (κ3) is 1.20. The number of rotatable bonds is 1. The molecule has 68 valence electrons. The third-order valence-electron chi connectivity index (χ3n) is 2.16. The zero-order valence-corrected chi connectivity index (χ0v) is 8.34. The molecule has 0 saturated carbocycles. The molecule has 0 fully saturated rings. The standard InChI is InChI=1S/C9H10ClN3/c1-3-7-12-8-6(13(7)2)4-5-11-9(8)10/h4-5H,3H2,1-2H3. The molecule has 0 unspecified atom stereocenters. The van der Waals surface area contributed by atoms with Crippen LogP contribution in [-0.4, -0.2) is 14.5 Å². The Morgan fingerprint density at radius 2 is 2.31 bits per heavy atom. The second-order valence-electron chi connectivity index (χ2n) is 2.91. The van der Waals surface area contributed by atoms with Gasteiger partial charge in [0.2, 0.25) is 0 Å². The van der Waals surface area contributed by atoms with Gasteiger partial charge >= 0.3 is 0 Å². The van der Waals surface area contributed by atoms with Crippen molar-refractivity contribution in [2.75, 3.05) is 0 Å². The van der Waals surface area contributed by atoms with Crippen molar-refractivity contribution in [3.63, 3.8) is 0 Å². The van der Waals surface area contributed by atoms with Gasteiger partial charge in [0.25, 0.3) is 0 Å². The van der Waals surface area contributed by atoms with Gasteiger partial charge in [0, 0.05) is 19.7 Å². The quantitative estimate of drug-likeness (QED) is 0.653. The van der Waals surface area contributed by atoms with E-state index in [1.807, 2.05) is 17.7 Å². The molecule has 2 aromatic heterocycles. The van der Waals surface area contributed by atoms with Crippen molar-refractivity contribution in [2.45, 2.75) is 13.3 Å². The van der Waals surface area contributed by atoms with E-state index in [4.69, 9.17) is 11.6 Å². The minimum Gasteiger partial charge on any atom is -0.331 e. The van der Waals surface area contributed by atoms with E-state index in [2.05, 4.69) is 16.9 Å². The van der Waals surface area contributed by atoms with Crippen molar-refractivity contribution in [2.24, 2.45) is 7.05 Å². The molecule has 0 bridgehead atoms. The summed E-state index contributed by atoms with van der Waals surface area (Å²) in [7, 11) is 1.99. The summed E-state index contributed by atoms with van der Waals surface area (Å²) < 4.78 is 2.04. The summed E-state index contributed by atoms with van der Waals surface area (Å²) in [5, 5.41) is 0.479. The van der Waals surface area contributed by atoms with Crippen LogP contribution in [-0.2, 0) is 13.5 Å². The van der Waals surface area contributed by atoms with Crippen molar-refractivity contribution >= 4 is 22.6 Å². The first kappa shape index (κ1) is 8.51. The van der Waals surface area contributed by atoms with Crippen LogP contribution in [0.25, 0.3) is 11.0 Å². The molecule has 2 heterocycles. The van der Waals surface area contributed by atoms with Gasteiger partial charge in [0.15, 0.2) is 5.15 Å². The number of pyridine rings is 1. The van der Waals surface area contributed by atoms with Crippen LogP contribution in [0.3, 0.4) is 0 Å². The Bertz CT molecular complexity index is 447. The molecule has 0 aliphatic heterocycles. The highest BCUT2D eigenvalue weighted by Crippen LogP contribution is 2.20. The number of hydrogen-bond donors (Lipinski definition) is 0. The Balaban J connectivity index is 2.83. The van der Waals surface area contributed by atoms with Gasteiger partial charge in [-0.1, -0.05) is 18.5 Å². The Hall–Kier alpha value is -1.09. The van der Waals surface area contributed by atoms with Gasteiger partial charge in [-0.05, 0) is 6.07 Å². The number of fused-ring (bicyclic) bond motifs is 1. The average molecular weight is 196 g/mol. The second-order valence-corrected chi connectivity index (χ2v) is 3.27. The number of aromatic nitrogens is 3. The lowest BCUT2D eigenvalue weighted by Crippen LogP contribution is -1.94. The molecule has 0 saturated heterocycles. The maximum Gasteiger partial charge on any atom is 0.156 e. The van der Waals surface area contributed by atoms with Gasteiger partial charge in [-0.3, -0.25) is 0 Å². The average Bonchev–Trinajstić information content (AvgIpc) is 2.45. The monoisotopic (exact) mass is 195 g/mol. The molecule has 0 spiro atoms. The molecule has 13 heavy (non-hydrogen) atoms. The topological polar surface area (TPSA) is 30.7 Å². The van der Waals surface area contributed by atoms with Crippen LogP contribution in [0.4, 0.5) is 0 Å². The summed E-state index contributed by atoms with van der Waals surface area (Å²) >= 11 is 5.91. The summed E-state index contributed by atoms with van der Waals surface area (Å²) in [4.78, 5) is 8.38. The summed E-state index contributed by atoms with van der Waals surface area (Å²) in [6.45, 7) is 2.07. The summed E-state index contributed by atoms with van der Waals surface area (Å²) in [5.74, 6) is 1.03. The van der Waals surface area contributed by atoms with Crippen LogP contribution in [0.5, 0.6) is 0 Å². The third-order valence-corrected chi connectivity index (χ3v) is 2.44. The van der Waals surface area contributed by atoms with Crippen LogP contribution in [0, 0.1) is 0 Å². The predicted octanol–water partition coefficient (Wildman–Crippen LogP) is 2.18. The van der Waals surface area contributed by atoms with E-state index >= 15 is 0 Å². The van der Waals surface area contributed by atoms with Crippen molar-refractivity contribution in [1.82, 2.24) is 14.5 Å². The minimum atomic E-state index is 0.479. The molecule has 0 aliphatic rings. The van der Waals surface area contributed by atoms with Crippen molar-refractivity contribution in [1.29, 1.82) is 0 Å². The van der Waals surface area contributed by atoms with E-state index < -0.39 is 0 Å². The van der Waals surface area contributed by atoms with Crippen molar-refractivity contribution < 1.29 is 0 Å². The van der Waals surface area contributed by atoms with Gasteiger partial charge in [-0.2, -0.15) is 0 Å². The summed E-state index contributed by atoms with van der Waals surface area (Å²) in [6, 6.07) is 1.92. The van der Waals surface area contributed by atoms with Crippen LogP contribution in [0.1, 0.15) is 12.7 Å². The lowest BCUT2D eigenvalue weighted by atomic mass is 10.4. The summed E-state index contributed by atoms with van der Waals surface area (Å²) in [5.41, 5.74) is 1.83. The Morgan fingerprint density at radius 3 is 2.92 bits per heavy atom. The van der Waals surface area contributed by atoms with E-state index in [1.165, 1.54) is 0 Å². The number of nitrogens with zero attached hydrogens (tertiary/aromatic N) is 3. The molecule has 0 N–H and O–H groups in total. The molecule has 0 aliphatic carbocycles. The molecule has 2 aromatic rings.